The first-order valence-electron chi connectivity index (χ1n) is 33.8. The van der Waals surface area contributed by atoms with Crippen LogP contribution in [0.15, 0.2) is 0 Å². The number of aliphatic hydroxyl groups is 2. The van der Waals surface area contributed by atoms with Crippen LogP contribution in [0.1, 0.15) is 393 Å². The predicted molar refractivity (Wildman–Crippen MR) is 320 cm³/mol. The maximum Gasteiger partial charge on any atom is 0.305 e. The lowest BCUT2D eigenvalue weighted by molar-refractivity contribution is -0.143. The number of ether oxygens (including phenoxy) is 1. The number of esters is 1. The van der Waals surface area contributed by atoms with Crippen molar-refractivity contribution in [2.75, 3.05) is 13.2 Å². The Kier molecular flexibility index (Phi) is 62.4. The quantitative estimate of drug-likeness (QED) is 0.0417. The zero-order chi connectivity index (χ0) is 52.9. The average molecular weight is 1030 g/mol. The number of carbonyl (C=O) groups excluding carboxylic acids is 2. The van der Waals surface area contributed by atoms with Gasteiger partial charge in [0.1, 0.15) is 0 Å². The molecule has 2 unspecified atom stereocenters. The topological polar surface area (TPSA) is 95.9 Å². The first-order chi connectivity index (χ1) is 36.0. The van der Waals surface area contributed by atoms with E-state index in [0.717, 1.165) is 38.5 Å². The summed E-state index contributed by atoms with van der Waals surface area (Å²) in [7, 11) is 0. The summed E-state index contributed by atoms with van der Waals surface area (Å²) in [5, 5.41) is 23.4. The van der Waals surface area contributed by atoms with Crippen molar-refractivity contribution >= 4 is 11.9 Å². The molecule has 0 aliphatic heterocycles. The van der Waals surface area contributed by atoms with Crippen molar-refractivity contribution < 1.29 is 24.5 Å². The monoisotopic (exact) mass is 1030 g/mol. The molecule has 0 saturated carbocycles. The van der Waals surface area contributed by atoms with E-state index in [1.807, 2.05) is 0 Å². The van der Waals surface area contributed by atoms with Crippen molar-refractivity contribution in [3.05, 3.63) is 0 Å². The van der Waals surface area contributed by atoms with Crippen molar-refractivity contribution in [3.8, 4) is 0 Å². The maximum absolute atomic E-state index is 12.5. The van der Waals surface area contributed by atoms with E-state index in [2.05, 4.69) is 19.2 Å². The highest BCUT2D eigenvalue weighted by molar-refractivity contribution is 5.76. The molecule has 436 valence electrons. The lowest BCUT2D eigenvalue weighted by atomic mass is 10.0. The fourth-order valence-electron chi connectivity index (χ4n) is 11.0. The zero-order valence-electron chi connectivity index (χ0n) is 49.9. The predicted octanol–water partition coefficient (Wildman–Crippen LogP) is 21.4. The zero-order valence-corrected chi connectivity index (χ0v) is 49.9. The second kappa shape index (κ2) is 63.4. The molecule has 0 rings (SSSR count). The molecule has 73 heavy (non-hydrogen) atoms. The van der Waals surface area contributed by atoms with Crippen LogP contribution in [0.5, 0.6) is 0 Å². The van der Waals surface area contributed by atoms with Gasteiger partial charge in [0, 0.05) is 12.8 Å². The number of amides is 1. The summed E-state index contributed by atoms with van der Waals surface area (Å²) in [6.45, 7) is 4.99. The molecular formula is C67H133NO5. The SMILES string of the molecule is CCCCCCCCCCCCCCCCCCCCCCCCCC(O)C(CO)NC(=O)CCCCCCCCCCCCCCCCCCCCOC(=O)CCCCCCCCCCCCCCCCC. The Morgan fingerprint density at radius 3 is 0.836 bits per heavy atom. The van der Waals surface area contributed by atoms with Gasteiger partial charge in [-0.3, -0.25) is 9.59 Å². The smallest absolute Gasteiger partial charge is 0.305 e. The fourth-order valence-corrected chi connectivity index (χ4v) is 11.0. The highest BCUT2D eigenvalue weighted by atomic mass is 16.5. The minimum atomic E-state index is -0.667. The molecule has 0 saturated heterocycles. The fraction of sp³-hybridized carbons (Fsp3) is 0.970. The van der Waals surface area contributed by atoms with Crippen LogP contribution in [0.25, 0.3) is 0 Å². The van der Waals surface area contributed by atoms with Crippen molar-refractivity contribution in [2.45, 2.75) is 405 Å². The molecule has 6 nitrogen and oxygen atoms in total. The molecule has 0 bridgehead atoms. The number of hydrogen-bond donors (Lipinski definition) is 3. The van der Waals surface area contributed by atoms with Crippen LogP contribution in [-0.4, -0.2) is 47.4 Å². The molecule has 0 aromatic heterocycles. The normalized spacial score (nSPS) is 12.4. The van der Waals surface area contributed by atoms with Crippen LogP contribution in [-0.2, 0) is 14.3 Å². The van der Waals surface area contributed by atoms with Crippen LogP contribution in [0.3, 0.4) is 0 Å². The minimum absolute atomic E-state index is 0.0119. The van der Waals surface area contributed by atoms with E-state index in [9.17, 15) is 19.8 Å². The van der Waals surface area contributed by atoms with Gasteiger partial charge in [-0.05, 0) is 25.7 Å². The van der Waals surface area contributed by atoms with E-state index in [1.54, 1.807) is 0 Å². The summed E-state index contributed by atoms with van der Waals surface area (Å²) >= 11 is 0. The van der Waals surface area contributed by atoms with Crippen molar-refractivity contribution in [2.24, 2.45) is 0 Å². The summed E-state index contributed by atoms with van der Waals surface area (Å²) in [5.41, 5.74) is 0. The molecule has 0 aliphatic carbocycles. The third kappa shape index (κ3) is 60.0. The van der Waals surface area contributed by atoms with Gasteiger partial charge in [0.15, 0.2) is 0 Å². The molecule has 0 radical (unpaired) electrons. The highest BCUT2D eigenvalue weighted by Crippen LogP contribution is 2.19. The molecule has 0 aliphatic rings. The first kappa shape index (κ1) is 71.9. The summed E-state index contributed by atoms with van der Waals surface area (Å²) in [6.07, 6.45) is 75.5. The summed E-state index contributed by atoms with van der Waals surface area (Å²) in [4.78, 5) is 24.6. The Morgan fingerprint density at radius 1 is 0.329 bits per heavy atom. The maximum atomic E-state index is 12.5. The minimum Gasteiger partial charge on any atom is -0.466 e. The second-order valence-corrected chi connectivity index (χ2v) is 23.5. The number of aliphatic hydroxyl groups excluding tert-OH is 2. The van der Waals surface area contributed by atoms with Crippen molar-refractivity contribution in [1.82, 2.24) is 5.32 Å². The Balaban J connectivity index is 3.39. The van der Waals surface area contributed by atoms with E-state index >= 15 is 0 Å². The van der Waals surface area contributed by atoms with Crippen LogP contribution < -0.4 is 5.32 Å². The Morgan fingerprint density at radius 2 is 0.562 bits per heavy atom. The first-order valence-corrected chi connectivity index (χ1v) is 33.8. The molecule has 6 heteroatoms. The standard InChI is InChI=1S/C67H133NO5/c1-3-5-7-9-11-13-15-17-19-20-21-22-23-24-25-28-32-35-39-43-47-51-55-59-65(70)64(63-69)68-66(71)60-56-52-48-44-40-36-33-29-26-27-30-34-38-42-46-50-54-58-62-73-67(72)61-57-53-49-45-41-37-31-18-16-14-12-10-8-6-4-2/h64-65,69-70H,3-63H2,1-2H3,(H,68,71). The van der Waals surface area contributed by atoms with Crippen LogP contribution in [0, 0.1) is 0 Å². The van der Waals surface area contributed by atoms with Gasteiger partial charge in [0.05, 0.1) is 25.4 Å². The highest BCUT2D eigenvalue weighted by Gasteiger charge is 2.20. The van der Waals surface area contributed by atoms with Gasteiger partial charge in [-0.1, -0.05) is 354 Å². The number of carbonyl (C=O) groups is 2. The second-order valence-electron chi connectivity index (χ2n) is 23.5. The molecule has 2 atom stereocenters. The lowest BCUT2D eigenvalue weighted by Gasteiger charge is -2.22. The van der Waals surface area contributed by atoms with Gasteiger partial charge in [-0.2, -0.15) is 0 Å². The van der Waals surface area contributed by atoms with Gasteiger partial charge in [0.25, 0.3) is 0 Å². The Bertz CT molecular complexity index is 1050. The van der Waals surface area contributed by atoms with E-state index in [-0.39, 0.29) is 18.5 Å². The third-order valence-electron chi connectivity index (χ3n) is 16.2. The molecular weight excluding hydrogens is 899 g/mol. The molecule has 0 aromatic rings. The largest absolute Gasteiger partial charge is 0.466 e. The van der Waals surface area contributed by atoms with E-state index in [4.69, 9.17) is 4.74 Å². The van der Waals surface area contributed by atoms with Crippen LogP contribution >= 0.6 is 0 Å². The van der Waals surface area contributed by atoms with Crippen LogP contribution in [0.4, 0.5) is 0 Å². The number of unbranched alkanes of at least 4 members (excludes halogenated alkanes) is 53. The summed E-state index contributed by atoms with van der Waals surface area (Å²) < 4.78 is 5.49. The van der Waals surface area contributed by atoms with Gasteiger partial charge >= 0.3 is 5.97 Å². The van der Waals surface area contributed by atoms with Crippen molar-refractivity contribution in [1.29, 1.82) is 0 Å². The summed E-state index contributed by atoms with van der Waals surface area (Å²) in [5.74, 6) is -0.0215. The summed E-state index contributed by atoms with van der Waals surface area (Å²) in [6, 6.07) is -0.544. The number of rotatable bonds is 64. The number of hydrogen-bond acceptors (Lipinski definition) is 5. The van der Waals surface area contributed by atoms with E-state index in [0.29, 0.717) is 25.9 Å². The third-order valence-corrected chi connectivity index (χ3v) is 16.2. The van der Waals surface area contributed by atoms with Crippen LogP contribution in [0.2, 0.25) is 0 Å². The van der Waals surface area contributed by atoms with E-state index in [1.165, 1.54) is 321 Å². The molecule has 0 spiro atoms. The lowest BCUT2D eigenvalue weighted by Crippen LogP contribution is -2.45. The Hall–Kier alpha value is -1.14. The van der Waals surface area contributed by atoms with Gasteiger partial charge in [-0.25, -0.2) is 0 Å². The van der Waals surface area contributed by atoms with Gasteiger partial charge in [0.2, 0.25) is 5.91 Å². The molecule has 3 N–H and O–H groups in total. The Labute approximate surface area is 457 Å². The number of nitrogens with one attached hydrogen (secondary N) is 1. The molecule has 0 aromatic carbocycles. The van der Waals surface area contributed by atoms with Gasteiger partial charge < -0.3 is 20.3 Å². The molecule has 1 amide bonds. The van der Waals surface area contributed by atoms with E-state index < -0.39 is 12.1 Å². The average Bonchev–Trinajstić information content (AvgIpc) is 3.39. The molecule has 0 fully saturated rings. The molecule has 0 heterocycles. The van der Waals surface area contributed by atoms with Crippen molar-refractivity contribution in [3.63, 3.8) is 0 Å². The van der Waals surface area contributed by atoms with Gasteiger partial charge in [-0.15, -0.1) is 0 Å².